The Balaban J connectivity index is 0.000000185. The molecule has 2 aromatic carbocycles. The highest BCUT2D eigenvalue weighted by molar-refractivity contribution is 7.97. The Hall–Kier alpha value is -2.25. The lowest BCUT2D eigenvalue weighted by molar-refractivity contribution is -0.0498. The number of alkyl halides is 2. The predicted octanol–water partition coefficient (Wildman–Crippen LogP) is 5.05. The molecule has 2 aliphatic rings. The normalized spacial score (nSPS) is 13.4. The van der Waals surface area contributed by atoms with E-state index in [-0.39, 0.29) is 5.75 Å². The van der Waals surface area contributed by atoms with Gasteiger partial charge in [-0.25, -0.2) is 0 Å². The molecule has 7 heteroatoms. The van der Waals surface area contributed by atoms with Gasteiger partial charge < -0.3 is 15.8 Å². The van der Waals surface area contributed by atoms with Crippen molar-refractivity contribution in [1.29, 1.82) is 0 Å². The van der Waals surface area contributed by atoms with Crippen LogP contribution in [-0.4, -0.2) is 13.7 Å². The van der Waals surface area contributed by atoms with Gasteiger partial charge in [-0.05, 0) is 103 Å². The number of nitrogens with one attached hydrogen (secondary N) is 1. The van der Waals surface area contributed by atoms with E-state index < -0.39 is 6.61 Å². The highest BCUT2D eigenvalue weighted by atomic mass is 32.2. The summed E-state index contributed by atoms with van der Waals surface area (Å²) < 4.78 is 27.4. The van der Waals surface area contributed by atoms with Crippen molar-refractivity contribution in [2.75, 3.05) is 12.4 Å². The van der Waals surface area contributed by atoms with Gasteiger partial charge in [-0.3, -0.25) is 5.14 Å². The molecule has 0 amide bonds. The monoisotopic (exact) mass is 421 g/mol. The van der Waals surface area contributed by atoms with Crippen molar-refractivity contribution in [2.45, 2.75) is 50.0 Å². The minimum atomic E-state index is -2.78. The molecule has 0 spiro atoms. The first-order chi connectivity index (χ1) is 14.0. The van der Waals surface area contributed by atoms with Crippen molar-refractivity contribution in [2.24, 2.45) is 10.9 Å². The number of benzene rings is 2. The van der Waals surface area contributed by atoms with Gasteiger partial charge in [0.2, 0.25) is 0 Å². The summed E-state index contributed by atoms with van der Waals surface area (Å²) in [5.41, 5.74) is 12.6. The van der Waals surface area contributed by atoms with Gasteiger partial charge in [0.25, 0.3) is 0 Å². The van der Waals surface area contributed by atoms with Gasteiger partial charge in [-0.15, -0.1) is 0 Å². The van der Waals surface area contributed by atoms with Crippen LogP contribution in [0.2, 0.25) is 0 Å². The molecule has 0 heterocycles. The van der Waals surface area contributed by atoms with Gasteiger partial charge in [0.1, 0.15) is 5.75 Å². The summed E-state index contributed by atoms with van der Waals surface area (Å²) in [6.45, 7) is 0.362. The van der Waals surface area contributed by atoms with Crippen LogP contribution in [0.25, 0.3) is 0 Å². The molecule has 29 heavy (non-hydrogen) atoms. The first kappa shape index (κ1) is 23.0. The maximum atomic E-state index is 11.7. The molecule has 0 fully saturated rings. The number of rotatable bonds is 4. The fraction of sp³-hybridized carbons (Fsp3) is 0.364. The summed E-state index contributed by atoms with van der Waals surface area (Å²) >= 11 is 1.05. The zero-order valence-electron chi connectivity index (χ0n) is 16.7. The van der Waals surface area contributed by atoms with Crippen molar-refractivity contribution < 1.29 is 13.5 Å². The van der Waals surface area contributed by atoms with Crippen molar-refractivity contribution >= 4 is 17.6 Å². The summed E-state index contributed by atoms with van der Waals surface area (Å²) in [4.78, 5) is 0.802. The number of ether oxygens (including phenoxy) is 1. The molecule has 158 valence electrons. The lowest BCUT2D eigenvalue weighted by Gasteiger charge is -2.14. The summed E-state index contributed by atoms with van der Waals surface area (Å²) in [6.07, 6.45) is 9.14. The SMILES string of the molecule is C=CN.CNc1c2c(cc3c1CCC3)CCC2.NSc1ccc(OC(F)F)cc1. The molecule has 0 unspecified atom stereocenters. The molecule has 0 bridgehead atoms. The number of anilines is 1. The van der Waals surface area contributed by atoms with E-state index in [1.54, 1.807) is 34.4 Å². The molecule has 5 N–H and O–H groups in total. The topological polar surface area (TPSA) is 73.3 Å². The van der Waals surface area contributed by atoms with Crippen molar-refractivity contribution in [3.63, 3.8) is 0 Å². The summed E-state index contributed by atoms with van der Waals surface area (Å²) in [7, 11) is 2.08. The summed E-state index contributed by atoms with van der Waals surface area (Å²) in [6, 6.07) is 8.60. The molecule has 0 aromatic heterocycles. The fourth-order valence-corrected chi connectivity index (χ4v) is 4.11. The Kier molecular flexibility index (Phi) is 9.28. The van der Waals surface area contributed by atoms with E-state index in [1.807, 2.05) is 0 Å². The molecule has 0 radical (unpaired) electrons. The first-order valence-electron chi connectivity index (χ1n) is 9.62. The molecular weight excluding hydrogens is 392 g/mol. The molecular formula is C22H29F2N3OS. The van der Waals surface area contributed by atoms with Crippen LogP contribution in [-0.2, 0) is 25.7 Å². The van der Waals surface area contributed by atoms with Crippen LogP contribution >= 0.6 is 11.9 Å². The molecule has 2 aliphatic carbocycles. The second kappa shape index (κ2) is 11.7. The Morgan fingerprint density at radius 2 is 1.59 bits per heavy atom. The maximum absolute atomic E-state index is 11.7. The Morgan fingerprint density at radius 3 is 2.00 bits per heavy atom. The second-order valence-electron chi connectivity index (χ2n) is 6.69. The number of aryl methyl sites for hydroxylation is 2. The van der Waals surface area contributed by atoms with Crippen molar-refractivity contribution in [1.82, 2.24) is 0 Å². The van der Waals surface area contributed by atoms with Crippen LogP contribution in [0.1, 0.15) is 35.1 Å². The van der Waals surface area contributed by atoms with Gasteiger partial charge in [0.05, 0.1) is 0 Å². The average Bonchev–Trinajstić information content (AvgIpc) is 3.36. The van der Waals surface area contributed by atoms with Crippen LogP contribution in [0.15, 0.2) is 48.0 Å². The molecule has 0 atom stereocenters. The maximum Gasteiger partial charge on any atom is 0.387 e. The van der Waals surface area contributed by atoms with Gasteiger partial charge in [-0.2, -0.15) is 8.78 Å². The number of fused-ring (bicyclic) bond motifs is 2. The van der Waals surface area contributed by atoms with Gasteiger partial charge in [0, 0.05) is 17.6 Å². The molecule has 0 aliphatic heterocycles. The molecule has 2 aromatic rings. The molecule has 0 saturated heterocycles. The minimum absolute atomic E-state index is 0.141. The van der Waals surface area contributed by atoms with Crippen LogP contribution in [0.5, 0.6) is 5.75 Å². The molecule has 4 rings (SSSR count). The predicted molar refractivity (Wildman–Crippen MR) is 118 cm³/mol. The fourth-order valence-electron chi connectivity index (χ4n) is 3.82. The zero-order valence-corrected chi connectivity index (χ0v) is 17.5. The third-order valence-electron chi connectivity index (χ3n) is 4.91. The third kappa shape index (κ3) is 6.37. The van der Waals surface area contributed by atoms with Gasteiger partial charge >= 0.3 is 6.61 Å². The number of nitrogens with two attached hydrogens (primary N) is 2. The van der Waals surface area contributed by atoms with E-state index in [0.717, 1.165) is 16.8 Å². The lowest BCUT2D eigenvalue weighted by atomic mass is 9.99. The van der Waals surface area contributed by atoms with Crippen LogP contribution < -0.4 is 20.9 Å². The third-order valence-corrected chi connectivity index (χ3v) is 5.45. The number of hydrogen-bond acceptors (Lipinski definition) is 5. The van der Waals surface area contributed by atoms with Crippen LogP contribution in [0.4, 0.5) is 14.5 Å². The largest absolute Gasteiger partial charge is 0.435 e. The highest BCUT2D eigenvalue weighted by Gasteiger charge is 2.22. The number of hydrogen-bond donors (Lipinski definition) is 3. The highest BCUT2D eigenvalue weighted by Crippen LogP contribution is 2.38. The second-order valence-corrected chi connectivity index (χ2v) is 7.39. The quantitative estimate of drug-likeness (QED) is 0.603. The Morgan fingerprint density at radius 1 is 1.07 bits per heavy atom. The smallest absolute Gasteiger partial charge is 0.387 e. The van der Waals surface area contributed by atoms with Crippen LogP contribution in [0, 0.1) is 0 Å². The van der Waals surface area contributed by atoms with Crippen LogP contribution in [0.3, 0.4) is 0 Å². The van der Waals surface area contributed by atoms with E-state index in [9.17, 15) is 8.78 Å². The van der Waals surface area contributed by atoms with Gasteiger partial charge in [0.15, 0.2) is 0 Å². The Labute approximate surface area is 175 Å². The van der Waals surface area contributed by atoms with Crippen molar-refractivity contribution in [3.05, 3.63) is 65.4 Å². The zero-order chi connectivity index (χ0) is 21.2. The van der Waals surface area contributed by atoms with E-state index in [0.29, 0.717) is 0 Å². The summed E-state index contributed by atoms with van der Waals surface area (Å²) in [5.74, 6) is 0.141. The standard InChI is InChI=1S/C13H17N.C7H7F2NOS.C2H5N/c1-14-13-11-6-2-4-9(11)8-10-5-3-7-12(10)13;8-7(9)11-5-1-3-6(12-10)4-2-5;1-2-3/h8,14H,2-7H2,1H3;1-4,7H,10H2;2H,1,3H2. The summed E-state index contributed by atoms with van der Waals surface area (Å²) in [5, 5.41) is 8.66. The first-order valence-corrected chi connectivity index (χ1v) is 10.5. The molecule has 0 saturated carbocycles. The lowest BCUT2D eigenvalue weighted by Crippen LogP contribution is -2.01. The minimum Gasteiger partial charge on any atom is -0.435 e. The van der Waals surface area contributed by atoms with E-state index >= 15 is 0 Å². The number of halogens is 2. The average molecular weight is 422 g/mol. The van der Waals surface area contributed by atoms with E-state index in [2.05, 4.69) is 35.5 Å². The van der Waals surface area contributed by atoms with Crippen molar-refractivity contribution in [3.8, 4) is 5.75 Å². The van der Waals surface area contributed by atoms with Gasteiger partial charge in [-0.1, -0.05) is 12.6 Å². The molecule has 4 nitrogen and oxygen atoms in total. The van der Waals surface area contributed by atoms with E-state index in [1.165, 1.54) is 62.5 Å². The Bertz CT molecular complexity index is 765. The van der Waals surface area contributed by atoms with E-state index in [4.69, 9.17) is 5.14 Å².